The van der Waals surface area contributed by atoms with Crippen molar-refractivity contribution in [1.82, 2.24) is 15.5 Å². The number of likely N-dealkylation sites (N-methyl/N-ethyl adjacent to an activating group) is 1. The lowest BCUT2D eigenvalue weighted by molar-refractivity contribution is -0.121. The molecule has 0 radical (unpaired) electrons. The Labute approximate surface area is 154 Å². The van der Waals surface area contributed by atoms with Crippen LogP contribution >= 0.6 is 0 Å². The number of benzene rings is 1. The normalized spacial score (nSPS) is 19.9. The van der Waals surface area contributed by atoms with Gasteiger partial charge in [0.15, 0.2) is 11.6 Å². The Morgan fingerprint density at radius 2 is 2.04 bits per heavy atom. The molecule has 0 aliphatic heterocycles. The smallest absolute Gasteiger partial charge is 0.321 e. The molecule has 1 fully saturated rings. The Bertz CT molecular complexity index is 638. The number of halogens is 1. The van der Waals surface area contributed by atoms with Crippen molar-refractivity contribution in [3.63, 3.8) is 0 Å². The van der Waals surface area contributed by atoms with Gasteiger partial charge < -0.3 is 10.1 Å². The molecule has 2 N–H and O–H groups in total. The van der Waals surface area contributed by atoms with Crippen molar-refractivity contribution in [3.05, 3.63) is 29.6 Å². The molecule has 0 heterocycles. The first-order valence-electron chi connectivity index (χ1n) is 9.00. The number of methoxy groups -OCH3 is 1. The molecular weight excluding hydrogens is 337 g/mol. The summed E-state index contributed by atoms with van der Waals surface area (Å²) < 4.78 is 18.6. The van der Waals surface area contributed by atoms with Gasteiger partial charge in [-0.1, -0.05) is 25.8 Å². The number of hydrogen-bond donors (Lipinski definition) is 2. The highest BCUT2D eigenvalue weighted by Gasteiger charge is 2.23. The summed E-state index contributed by atoms with van der Waals surface area (Å²) in [4.78, 5) is 25.7. The number of nitrogens with one attached hydrogen (secondary N) is 2. The first-order chi connectivity index (χ1) is 12.4. The van der Waals surface area contributed by atoms with Crippen molar-refractivity contribution in [1.29, 1.82) is 0 Å². The summed E-state index contributed by atoms with van der Waals surface area (Å²) in [6.45, 7) is 2.55. The third-order valence-corrected chi connectivity index (χ3v) is 4.76. The minimum atomic E-state index is -0.447. The number of amides is 3. The Morgan fingerprint density at radius 1 is 1.31 bits per heavy atom. The van der Waals surface area contributed by atoms with Crippen LogP contribution in [0.4, 0.5) is 9.18 Å². The predicted molar refractivity (Wildman–Crippen MR) is 97.4 cm³/mol. The molecule has 1 aromatic rings. The number of carbonyl (C=O) groups excluding carboxylic acids is 2. The van der Waals surface area contributed by atoms with Gasteiger partial charge in [-0.15, -0.1) is 0 Å². The zero-order chi connectivity index (χ0) is 19.1. The fourth-order valence-corrected chi connectivity index (χ4v) is 3.32. The topological polar surface area (TPSA) is 70.7 Å². The Kier molecular flexibility index (Phi) is 7.38. The van der Waals surface area contributed by atoms with Gasteiger partial charge in [0, 0.05) is 12.6 Å². The average Bonchev–Trinajstić information content (AvgIpc) is 2.56. The molecule has 1 aliphatic carbocycles. The second-order valence-corrected chi connectivity index (χ2v) is 7.03. The van der Waals surface area contributed by atoms with Gasteiger partial charge in [-0.05, 0) is 43.5 Å². The fourth-order valence-electron chi connectivity index (χ4n) is 3.32. The molecule has 0 saturated heterocycles. The highest BCUT2D eigenvalue weighted by Crippen LogP contribution is 2.23. The minimum absolute atomic E-state index is 0.0429. The van der Waals surface area contributed by atoms with Crippen molar-refractivity contribution in [2.75, 3.05) is 20.7 Å². The highest BCUT2D eigenvalue weighted by molar-refractivity contribution is 5.95. The van der Waals surface area contributed by atoms with Crippen LogP contribution in [0.15, 0.2) is 18.2 Å². The van der Waals surface area contributed by atoms with Crippen LogP contribution in [0.1, 0.15) is 38.2 Å². The molecule has 26 heavy (non-hydrogen) atoms. The molecule has 2 unspecified atom stereocenters. The zero-order valence-electron chi connectivity index (χ0n) is 15.7. The molecule has 0 spiro atoms. The molecule has 6 nitrogen and oxygen atoms in total. The molecule has 144 valence electrons. The second kappa shape index (κ2) is 9.52. The van der Waals surface area contributed by atoms with E-state index >= 15 is 0 Å². The van der Waals surface area contributed by atoms with Crippen LogP contribution < -0.4 is 15.4 Å². The third kappa shape index (κ3) is 5.98. The summed E-state index contributed by atoms with van der Waals surface area (Å²) >= 11 is 0. The van der Waals surface area contributed by atoms with E-state index < -0.39 is 11.8 Å². The quantitative estimate of drug-likeness (QED) is 0.813. The van der Waals surface area contributed by atoms with Crippen LogP contribution in [-0.2, 0) is 11.3 Å². The molecule has 7 heteroatoms. The zero-order valence-corrected chi connectivity index (χ0v) is 15.7. The maximum absolute atomic E-state index is 13.7. The van der Waals surface area contributed by atoms with E-state index in [-0.39, 0.29) is 24.2 Å². The van der Waals surface area contributed by atoms with E-state index in [1.807, 2.05) is 0 Å². The Morgan fingerprint density at radius 3 is 2.69 bits per heavy atom. The molecular formula is C19H28FN3O3. The van der Waals surface area contributed by atoms with Gasteiger partial charge >= 0.3 is 6.03 Å². The van der Waals surface area contributed by atoms with E-state index in [2.05, 4.69) is 17.6 Å². The highest BCUT2D eigenvalue weighted by atomic mass is 19.1. The maximum atomic E-state index is 13.7. The van der Waals surface area contributed by atoms with Gasteiger partial charge in [-0.25, -0.2) is 9.18 Å². The lowest BCUT2D eigenvalue weighted by Crippen LogP contribution is -2.49. The molecule has 1 aliphatic rings. The van der Waals surface area contributed by atoms with Crippen LogP contribution in [0.2, 0.25) is 0 Å². The number of rotatable bonds is 6. The maximum Gasteiger partial charge on any atom is 0.321 e. The minimum Gasteiger partial charge on any atom is -0.494 e. The summed E-state index contributed by atoms with van der Waals surface area (Å²) in [5, 5.41) is 5.26. The number of imide groups is 1. The van der Waals surface area contributed by atoms with Crippen LogP contribution in [0, 0.1) is 11.7 Å². The van der Waals surface area contributed by atoms with E-state index in [9.17, 15) is 14.0 Å². The Hall–Kier alpha value is -2.15. The average molecular weight is 365 g/mol. The van der Waals surface area contributed by atoms with E-state index in [4.69, 9.17) is 4.74 Å². The van der Waals surface area contributed by atoms with Gasteiger partial charge in [-0.2, -0.15) is 0 Å². The van der Waals surface area contributed by atoms with Crippen molar-refractivity contribution >= 4 is 11.9 Å². The molecule has 2 atom stereocenters. The van der Waals surface area contributed by atoms with Gasteiger partial charge in [0.2, 0.25) is 5.91 Å². The van der Waals surface area contributed by atoms with E-state index in [0.29, 0.717) is 12.5 Å². The fraction of sp³-hybridized carbons (Fsp3) is 0.579. The Balaban J connectivity index is 1.77. The van der Waals surface area contributed by atoms with Crippen LogP contribution in [0.3, 0.4) is 0 Å². The summed E-state index contributed by atoms with van der Waals surface area (Å²) in [7, 11) is 3.15. The molecule has 1 aromatic carbocycles. The predicted octanol–water partition coefficient (Wildman–Crippen LogP) is 2.67. The monoisotopic (exact) mass is 365 g/mol. The SMILES string of the molecule is COc1ccc(CN(C)CC(=O)NC(=O)NC2CCCCC2C)cc1F. The summed E-state index contributed by atoms with van der Waals surface area (Å²) in [6, 6.07) is 4.35. The number of urea groups is 1. The summed E-state index contributed by atoms with van der Waals surface area (Å²) in [5.74, 6) is -0.216. The van der Waals surface area contributed by atoms with Crippen LogP contribution in [0.5, 0.6) is 5.75 Å². The lowest BCUT2D eigenvalue weighted by atomic mass is 9.86. The molecule has 2 rings (SSSR count). The van der Waals surface area contributed by atoms with Crippen molar-refractivity contribution < 1.29 is 18.7 Å². The first kappa shape index (κ1) is 20.2. The van der Waals surface area contributed by atoms with Crippen molar-refractivity contribution in [3.8, 4) is 5.75 Å². The molecule has 0 aromatic heterocycles. The van der Waals surface area contributed by atoms with E-state index in [0.717, 1.165) is 24.8 Å². The standard InChI is InChI=1S/C19H28FN3O3/c1-13-6-4-5-7-16(13)21-19(25)22-18(24)12-23(2)11-14-8-9-17(26-3)15(20)10-14/h8-10,13,16H,4-7,11-12H2,1-3H3,(H2,21,22,24,25). The molecule has 3 amide bonds. The van der Waals surface area contributed by atoms with Crippen LogP contribution in [-0.4, -0.2) is 43.6 Å². The number of ether oxygens (including phenoxy) is 1. The van der Waals surface area contributed by atoms with Gasteiger partial charge in [-0.3, -0.25) is 15.0 Å². The summed E-state index contributed by atoms with van der Waals surface area (Å²) in [5.41, 5.74) is 0.721. The van der Waals surface area contributed by atoms with E-state index in [1.54, 1.807) is 24.1 Å². The van der Waals surface area contributed by atoms with Gasteiger partial charge in [0.25, 0.3) is 0 Å². The molecule has 1 saturated carbocycles. The van der Waals surface area contributed by atoms with Crippen LogP contribution in [0.25, 0.3) is 0 Å². The van der Waals surface area contributed by atoms with Gasteiger partial charge in [0.05, 0.1) is 13.7 Å². The summed E-state index contributed by atoms with van der Waals surface area (Å²) in [6.07, 6.45) is 4.34. The van der Waals surface area contributed by atoms with Crippen molar-refractivity contribution in [2.24, 2.45) is 5.92 Å². The van der Waals surface area contributed by atoms with E-state index in [1.165, 1.54) is 19.6 Å². The lowest BCUT2D eigenvalue weighted by Gasteiger charge is -2.29. The largest absolute Gasteiger partial charge is 0.494 e. The molecule has 0 bridgehead atoms. The van der Waals surface area contributed by atoms with Crippen molar-refractivity contribution in [2.45, 2.75) is 45.2 Å². The first-order valence-corrected chi connectivity index (χ1v) is 9.00. The number of hydrogen-bond acceptors (Lipinski definition) is 4. The third-order valence-electron chi connectivity index (χ3n) is 4.76. The number of carbonyl (C=O) groups is 2. The van der Waals surface area contributed by atoms with Gasteiger partial charge in [0.1, 0.15) is 0 Å². The number of nitrogens with zero attached hydrogens (tertiary/aromatic N) is 1. The second-order valence-electron chi connectivity index (χ2n) is 7.03.